The third-order valence-corrected chi connectivity index (χ3v) is 2.56. The van der Waals surface area contributed by atoms with Gasteiger partial charge in [-0.25, -0.2) is 0 Å². The molecule has 0 radical (unpaired) electrons. The Morgan fingerprint density at radius 2 is 2.08 bits per heavy atom. The van der Waals surface area contributed by atoms with Crippen LogP contribution in [-0.4, -0.2) is 10.2 Å². The Kier molecular flexibility index (Phi) is 1.88. The standard InChI is InChI=1S/C10H13NO2/c11-8-3-1-2-6-4-7(12)5-9(13)10(6)8/h4-5,8,12-13H,1-3,11H2/t8-/m1/s1. The highest BCUT2D eigenvalue weighted by atomic mass is 16.3. The molecule has 0 aliphatic heterocycles. The molecule has 1 aliphatic carbocycles. The van der Waals surface area contributed by atoms with Crippen molar-refractivity contribution in [3.05, 3.63) is 23.3 Å². The van der Waals surface area contributed by atoms with Gasteiger partial charge >= 0.3 is 0 Å². The molecule has 1 aliphatic rings. The van der Waals surface area contributed by atoms with E-state index in [1.165, 1.54) is 6.07 Å². The van der Waals surface area contributed by atoms with E-state index >= 15 is 0 Å². The minimum Gasteiger partial charge on any atom is -0.508 e. The van der Waals surface area contributed by atoms with Gasteiger partial charge in [0.05, 0.1) is 0 Å². The van der Waals surface area contributed by atoms with Gasteiger partial charge in [-0.15, -0.1) is 0 Å². The third-order valence-electron chi connectivity index (χ3n) is 2.56. The zero-order valence-corrected chi connectivity index (χ0v) is 7.33. The second-order valence-corrected chi connectivity index (χ2v) is 3.54. The van der Waals surface area contributed by atoms with Crippen LogP contribution in [0, 0.1) is 0 Å². The molecule has 3 nitrogen and oxygen atoms in total. The summed E-state index contributed by atoms with van der Waals surface area (Å²) in [5, 5.41) is 18.8. The maximum absolute atomic E-state index is 9.57. The summed E-state index contributed by atoms with van der Waals surface area (Å²) < 4.78 is 0. The number of benzene rings is 1. The van der Waals surface area contributed by atoms with Gasteiger partial charge in [0, 0.05) is 17.7 Å². The summed E-state index contributed by atoms with van der Waals surface area (Å²) in [5.74, 6) is 0.243. The van der Waals surface area contributed by atoms with Crippen molar-refractivity contribution in [2.24, 2.45) is 5.73 Å². The topological polar surface area (TPSA) is 66.5 Å². The molecule has 0 amide bonds. The normalized spacial score (nSPS) is 21.2. The average Bonchev–Trinajstić information content (AvgIpc) is 2.02. The number of fused-ring (bicyclic) bond motifs is 1. The van der Waals surface area contributed by atoms with Crippen molar-refractivity contribution in [2.45, 2.75) is 25.3 Å². The van der Waals surface area contributed by atoms with Crippen molar-refractivity contribution in [1.29, 1.82) is 0 Å². The smallest absolute Gasteiger partial charge is 0.124 e. The number of nitrogens with two attached hydrogens (primary N) is 1. The van der Waals surface area contributed by atoms with Crippen molar-refractivity contribution in [3.63, 3.8) is 0 Å². The van der Waals surface area contributed by atoms with Crippen molar-refractivity contribution in [2.75, 3.05) is 0 Å². The minimum atomic E-state index is -0.0793. The first-order valence-corrected chi connectivity index (χ1v) is 4.49. The predicted molar refractivity (Wildman–Crippen MR) is 49.6 cm³/mol. The first kappa shape index (κ1) is 8.38. The highest BCUT2D eigenvalue weighted by molar-refractivity contribution is 5.48. The number of phenols is 2. The first-order chi connectivity index (χ1) is 6.18. The molecule has 3 heteroatoms. The van der Waals surface area contributed by atoms with Crippen LogP contribution in [0.5, 0.6) is 11.5 Å². The summed E-state index contributed by atoms with van der Waals surface area (Å²) in [5.41, 5.74) is 7.65. The molecular weight excluding hydrogens is 166 g/mol. The van der Waals surface area contributed by atoms with Crippen LogP contribution < -0.4 is 5.73 Å². The summed E-state index contributed by atoms with van der Waals surface area (Å²) in [6.45, 7) is 0. The molecule has 13 heavy (non-hydrogen) atoms. The quantitative estimate of drug-likeness (QED) is 0.564. The monoisotopic (exact) mass is 179 g/mol. The summed E-state index contributed by atoms with van der Waals surface area (Å²) >= 11 is 0. The van der Waals surface area contributed by atoms with Crippen molar-refractivity contribution in [3.8, 4) is 11.5 Å². The van der Waals surface area contributed by atoms with Gasteiger partial charge in [0.2, 0.25) is 0 Å². The van der Waals surface area contributed by atoms with Crippen LogP contribution in [0.15, 0.2) is 12.1 Å². The van der Waals surface area contributed by atoms with Crippen LogP contribution in [0.4, 0.5) is 0 Å². The highest BCUT2D eigenvalue weighted by Crippen LogP contribution is 2.37. The molecule has 4 N–H and O–H groups in total. The van der Waals surface area contributed by atoms with E-state index in [4.69, 9.17) is 5.73 Å². The lowest BCUT2D eigenvalue weighted by atomic mass is 9.87. The zero-order valence-electron chi connectivity index (χ0n) is 7.33. The van der Waals surface area contributed by atoms with Gasteiger partial charge in [-0.3, -0.25) is 0 Å². The maximum Gasteiger partial charge on any atom is 0.124 e. The zero-order chi connectivity index (χ0) is 9.42. The molecular formula is C10H13NO2. The lowest BCUT2D eigenvalue weighted by Crippen LogP contribution is -2.17. The SMILES string of the molecule is N[C@@H]1CCCc2cc(O)cc(O)c21. The average molecular weight is 179 g/mol. The predicted octanol–water partition coefficient (Wildman–Crippen LogP) is 1.43. The Bertz CT molecular complexity index is 336. The Morgan fingerprint density at radius 3 is 2.85 bits per heavy atom. The van der Waals surface area contributed by atoms with Crippen molar-refractivity contribution < 1.29 is 10.2 Å². The number of aryl methyl sites for hydroxylation is 1. The number of phenolic OH excluding ortho intramolecular Hbond substituents is 2. The molecule has 0 heterocycles. The molecule has 0 spiro atoms. The fraction of sp³-hybridized carbons (Fsp3) is 0.400. The van der Waals surface area contributed by atoms with Gasteiger partial charge in [0.15, 0.2) is 0 Å². The lowest BCUT2D eigenvalue weighted by molar-refractivity contribution is 0.430. The third kappa shape index (κ3) is 1.35. The molecule has 0 saturated carbocycles. The molecule has 1 atom stereocenters. The summed E-state index contributed by atoms with van der Waals surface area (Å²) in [6, 6.07) is 2.96. The summed E-state index contributed by atoms with van der Waals surface area (Å²) in [6.07, 6.45) is 2.83. The van der Waals surface area contributed by atoms with E-state index in [-0.39, 0.29) is 17.5 Å². The number of aromatic hydroxyl groups is 2. The van der Waals surface area contributed by atoms with Crippen LogP contribution in [0.1, 0.15) is 30.0 Å². The Balaban J connectivity index is 2.56. The molecule has 0 bridgehead atoms. The maximum atomic E-state index is 9.57. The largest absolute Gasteiger partial charge is 0.508 e. The number of hydrogen-bond donors (Lipinski definition) is 3. The number of rotatable bonds is 0. The van der Waals surface area contributed by atoms with Crippen LogP contribution in [-0.2, 0) is 6.42 Å². The number of hydrogen-bond acceptors (Lipinski definition) is 3. The molecule has 70 valence electrons. The molecule has 0 aromatic heterocycles. The van der Waals surface area contributed by atoms with Gasteiger partial charge in [0.1, 0.15) is 11.5 Å². The van der Waals surface area contributed by atoms with Gasteiger partial charge in [0.25, 0.3) is 0 Å². The van der Waals surface area contributed by atoms with Crippen molar-refractivity contribution >= 4 is 0 Å². The van der Waals surface area contributed by atoms with E-state index in [0.29, 0.717) is 0 Å². The highest BCUT2D eigenvalue weighted by Gasteiger charge is 2.20. The van der Waals surface area contributed by atoms with E-state index in [9.17, 15) is 10.2 Å². The first-order valence-electron chi connectivity index (χ1n) is 4.49. The van der Waals surface area contributed by atoms with E-state index in [0.717, 1.165) is 30.4 Å². The molecule has 2 rings (SSSR count). The van der Waals surface area contributed by atoms with Gasteiger partial charge in [-0.1, -0.05) is 0 Å². The second kappa shape index (κ2) is 2.92. The van der Waals surface area contributed by atoms with E-state index in [1.807, 2.05) is 0 Å². The fourth-order valence-corrected chi connectivity index (χ4v) is 1.97. The van der Waals surface area contributed by atoms with Gasteiger partial charge in [-0.2, -0.15) is 0 Å². The van der Waals surface area contributed by atoms with E-state index in [1.54, 1.807) is 6.07 Å². The van der Waals surface area contributed by atoms with E-state index in [2.05, 4.69) is 0 Å². The Labute approximate surface area is 76.8 Å². The van der Waals surface area contributed by atoms with E-state index < -0.39 is 0 Å². The molecule has 0 saturated heterocycles. The van der Waals surface area contributed by atoms with Crippen LogP contribution >= 0.6 is 0 Å². The lowest BCUT2D eigenvalue weighted by Gasteiger charge is -2.23. The van der Waals surface area contributed by atoms with Crippen LogP contribution in [0.2, 0.25) is 0 Å². The Hall–Kier alpha value is -1.22. The molecule has 0 fully saturated rings. The Morgan fingerprint density at radius 1 is 1.31 bits per heavy atom. The van der Waals surface area contributed by atoms with Gasteiger partial charge < -0.3 is 15.9 Å². The summed E-state index contributed by atoms with van der Waals surface area (Å²) in [4.78, 5) is 0. The molecule has 1 aromatic rings. The molecule has 1 aromatic carbocycles. The summed E-state index contributed by atoms with van der Waals surface area (Å²) in [7, 11) is 0. The van der Waals surface area contributed by atoms with Crippen LogP contribution in [0.25, 0.3) is 0 Å². The van der Waals surface area contributed by atoms with Gasteiger partial charge in [-0.05, 0) is 30.9 Å². The fourth-order valence-electron chi connectivity index (χ4n) is 1.97. The minimum absolute atomic E-state index is 0.0793. The molecule has 0 unspecified atom stereocenters. The van der Waals surface area contributed by atoms with Crippen molar-refractivity contribution in [1.82, 2.24) is 0 Å². The second-order valence-electron chi connectivity index (χ2n) is 3.54. The van der Waals surface area contributed by atoms with Crippen LogP contribution in [0.3, 0.4) is 0 Å².